The summed E-state index contributed by atoms with van der Waals surface area (Å²) in [5.74, 6) is 0.635. The van der Waals surface area contributed by atoms with Gasteiger partial charge in [-0.2, -0.15) is 5.26 Å². The van der Waals surface area contributed by atoms with Crippen molar-refractivity contribution in [2.45, 2.75) is 0 Å². The average Bonchev–Trinajstić information content (AvgIpc) is 4.21. The third-order valence-electron chi connectivity index (χ3n) is 16.0. The van der Waals surface area contributed by atoms with Crippen LogP contribution < -0.4 is 0 Å². The Morgan fingerprint density at radius 1 is 0.256 bits per heavy atom. The fraction of sp³-hybridized carbons (Fsp3) is 0. The zero-order valence-corrected chi connectivity index (χ0v) is 44.5. The molecule has 5 nitrogen and oxygen atoms in total. The number of benzene rings is 12. The van der Waals surface area contributed by atoms with E-state index in [1.54, 1.807) is 0 Å². The largest absolute Gasteiger partial charge is 0.309 e. The fourth-order valence-electron chi connectivity index (χ4n) is 12.0. The topological polar surface area (TPSA) is 59.4 Å². The number of hydrogen-bond donors (Lipinski definition) is 0. The summed E-state index contributed by atoms with van der Waals surface area (Å²) in [6.45, 7) is 0. The van der Waals surface area contributed by atoms with Gasteiger partial charge in [-0.1, -0.05) is 212 Å². The van der Waals surface area contributed by atoms with Crippen molar-refractivity contribution >= 4 is 43.6 Å². The Labute approximate surface area is 475 Å². The molecule has 0 radical (unpaired) electrons. The number of fused-ring (bicyclic) bond motifs is 6. The van der Waals surface area contributed by atoms with E-state index >= 15 is 0 Å². The van der Waals surface area contributed by atoms with Gasteiger partial charge in [0.05, 0.1) is 56.5 Å². The van der Waals surface area contributed by atoms with Gasteiger partial charge in [-0.3, -0.25) is 0 Å². The van der Waals surface area contributed by atoms with Crippen molar-refractivity contribution in [3.63, 3.8) is 0 Å². The zero-order valence-electron chi connectivity index (χ0n) is 44.5. The van der Waals surface area contributed by atoms with E-state index in [1.807, 2.05) is 42.5 Å². The summed E-state index contributed by atoms with van der Waals surface area (Å²) in [7, 11) is 0. The lowest BCUT2D eigenvalue weighted by molar-refractivity contribution is 1.15. The molecule has 15 aromatic rings. The molecular weight excluding hydrogens is 995 g/mol. The van der Waals surface area contributed by atoms with Gasteiger partial charge in [0.25, 0.3) is 0 Å². The van der Waals surface area contributed by atoms with E-state index in [4.69, 9.17) is 9.97 Å². The van der Waals surface area contributed by atoms with Crippen LogP contribution in [-0.2, 0) is 0 Å². The van der Waals surface area contributed by atoms with Crippen molar-refractivity contribution in [1.82, 2.24) is 19.1 Å². The summed E-state index contributed by atoms with van der Waals surface area (Å²) in [4.78, 5) is 10.6. The van der Waals surface area contributed by atoms with E-state index in [0.717, 1.165) is 139 Å². The Bertz CT molecular complexity index is 4690. The van der Waals surface area contributed by atoms with Crippen molar-refractivity contribution in [2.75, 3.05) is 0 Å². The number of hydrogen-bond acceptors (Lipinski definition) is 3. The van der Waals surface area contributed by atoms with Crippen LogP contribution in [0.5, 0.6) is 0 Å². The molecule has 0 unspecified atom stereocenters. The highest BCUT2D eigenvalue weighted by atomic mass is 15.0. The first-order valence-electron chi connectivity index (χ1n) is 27.7. The second kappa shape index (κ2) is 20.2. The minimum atomic E-state index is 0.551. The van der Waals surface area contributed by atoms with Gasteiger partial charge in [0.2, 0.25) is 0 Å². The molecule has 0 spiro atoms. The fourth-order valence-corrected chi connectivity index (χ4v) is 12.0. The minimum Gasteiger partial charge on any atom is -0.309 e. The molecule has 5 heteroatoms. The lowest BCUT2D eigenvalue weighted by Crippen LogP contribution is -2.03. The van der Waals surface area contributed by atoms with Gasteiger partial charge in [0.15, 0.2) is 5.82 Å². The Kier molecular flexibility index (Phi) is 11.8. The quantitative estimate of drug-likeness (QED) is 0.137. The Morgan fingerprint density at radius 2 is 0.573 bits per heavy atom. The maximum atomic E-state index is 11.0. The second-order valence-electron chi connectivity index (χ2n) is 20.8. The summed E-state index contributed by atoms with van der Waals surface area (Å²) in [5, 5.41) is 15.5. The highest BCUT2D eigenvalue weighted by molar-refractivity contribution is 6.14. The van der Waals surface area contributed by atoms with Crippen LogP contribution in [-0.4, -0.2) is 19.1 Å². The van der Waals surface area contributed by atoms with Crippen LogP contribution in [0.3, 0.4) is 0 Å². The van der Waals surface area contributed by atoms with E-state index in [1.165, 1.54) is 0 Å². The first-order valence-corrected chi connectivity index (χ1v) is 27.7. The van der Waals surface area contributed by atoms with Gasteiger partial charge in [-0.15, -0.1) is 0 Å². The van der Waals surface area contributed by atoms with E-state index < -0.39 is 0 Å². The third kappa shape index (κ3) is 8.51. The summed E-state index contributed by atoms with van der Waals surface area (Å²) in [6, 6.07) is 108. The first kappa shape index (κ1) is 48.0. The molecule has 82 heavy (non-hydrogen) atoms. The lowest BCUT2D eigenvalue weighted by atomic mass is 9.95. The van der Waals surface area contributed by atoms with Crippen LogP contribution in [0.15, 0.2) is 297 Å². The molecule has 3 heterocycles. The summed E-state index contributed by atoms with van der Waals surface area (Å²) < 4.78 is 4.82. The predicted molar refractivity (Wildman–Crippen MR) is 339 cm³/mol. The molecule has 0 fully saturated rings. The molecular formula is C77H49N5. The van der Waals surface area contributed by atoms with Crippen LogP contribution in [0, 0.1) is 11.3 Å². The van der Waals surface area contributed by atoms with E-state index in [9.17, 15) is 5.26 Å². The zero-order chi connectivity index (χ0) is 54.5. The maximum Gasteiger partial charge on any atom is 0.160 e. The van der Waals surface area contributed by atoms with Crippen molar-refractivity contribution in [3.8, 4) is 107 Å². The molecule has 0 aliphatic rings. The van der Waals surface area contributed by atoms with Crippen LogP contribution in [0.2, 0.25) is 0 Å². The van der Waals surface area contributed by atoms with Gasteiger partial charge in [-0.05, 0) is 129 Å². The average molecular weight is 1040 g/mol. The smallest absolute Gasteiger partial charge is 0.160 e. The molecule has 0 saturated heterocycles. The summed E-state index contributed by atoms with van der Waals surface area (Å²) >= 11 is 0. The van der Waals surface area contributed by atoms with Crippen molar-refractivity contribution in [1.29, 1.82) is 5.26 Å². The molecule has 0 saturated carbocycles. The SMILES string of the molecule is N#Cc1ccc(-n2c3ccc(-c4ccccc4)cc3c3cc(-c4ccccc4)ccc32)c(-c2cc(-c3cc(-c4ccccc4)nc(-c4ccccc4)n3)ccc2-n2c3ccc(-c4ccccc4)cc3c3cc(-c4ccccc4)ccc32)c1. The first-order chi connectivity index (χ1) is 40.6. The molecule has 382 valence electrons. The van der Waals surface area contributed by atoms with Gasteiger partial charge < -0.3 is 9.13 Å². The molecule has 3 aromatic heterocycles. The second-order valence-corrected chi connectivity index (χ2v) is 20.8. The number of aromatic nitrogens is 4. The van der Waals surface area contributed by atoms with Crippen LogP contribution in [0.4, 0.5) is 0 Å². The van der Waals surface area contributed by atoms with Gasteiger partial charge in [-0.25, -0.2) is 9.97 Å². The highest BCUT2D eigenvalue weighted by Gasteiger charge is 2.24. The van der Waals surface area contributed by atoms with Gasteiger partial charge in [0, 0.05) is 49.4 Å². The molecule has 0 bridgehead atoms. The Hall–Kier alpha value is -11.2. The van der Waals surface area contributed by atoms with Crippen molar-refractivity contribution in [3.05, 3.63) is 303 Å². The van der Waals surface area contributed by atoms with Gasteiger partial charge >= 0.3 is 0 Å². The van der Waals surface area contributed by atoms with Crippen molar-refractivity contribution < 1.29 is 0 Å². The summed E-state index contributed by atoms with van der Waals surface area (Å²) in [6.07, 6.45) is 0. The molecule has 0 aliphatic carbocycles. The number of rotatable bonds is 10. The standard InChI is InChI=1S/C77H49N5/c78-50-51-31-37-71(81-72-38-32-58(52-19-7-1-8-20-52)44-64(72)65-45-59(33-39-73(65)81)53-21-9-2-10-22-53)63(43-51)68-48-62(70-49-69(56-27-15-5-16-28-56)79-77(80-70)57-29-17-6-18-30-57)36-42-76(68)82-74-40-34-60(54-23-11-3-12-24-54)46-66(74)67-47-61(35-41-75(67)82)55-25-13-4-14-26-55/h1-49H. The number of nitrogens with zero attached hydrogens (tertiary/aromatic N) is 5. The van der Waals surface area contributed by atoms with Crippen LogP contribution in [0.1, 0.15) is 5.56 Å². The normalized spacial score (nSPS) is 11.4. The summed E-state index contributed by atoms with van der Waals surface area (Å²) in [5.41, 5.74) is 22.1. The van der Waals surface area contributed by atoms with Crippen LogP contribution in [0.25, 0.3) is 145 Å². The molecule has 15 rings (SSSR count). The number of nitriles is 1. The third-order valence-corrected chi connectivity index (χ3v) is 16.0. The van der Waals surface area contributed by atoms with E-state index in [-0.39, 0.29) is 0 Å². The van der Waals surface area contributed by atoms with Gasteiger partial charge in [0.1, 0.15) is 0 Å². The molecule has 0 N–H and O–H groups in total. The van der Waals surface area contributed by atoms with Crippen molar-refractivity contribution in [2.24, 2.45) is 0 Å². The predicted octanol–water partition coefficient (Wildman–Crippen LogP) is 19.9. The van der Waals surface area contributed by atoms with E-state index in [2.05, 4.69) is 270 Å². The molecule has 0 aliphatic heterocycles. The van der Waals surface area contributed by atoms with Crippen LogP contribution >= 0.6 is 0 Å². The maximum absolute atomic E-state index is 11.0. The Morgan fingerprint density at radius 3 is 0.951 bits per heavy atom. The molecule has 0 atom stereocenters. The van der Waals surface area contributed by atoms with E-state index in [0.29, 0.717) is 11.4 Å². The Balaban J connectivity index is 1.04. The molecule has 0 amide bonds. The lowest BCUT2D eigenvalue weighted by Gasteiger charge is -2.20. The monoisotopic (exact) mass is 1040 g/mol. The highest BCUT2D eigenvalue weighted by Crippen LogP contribution is 2.45. The minimum absolute atomic E-state index is 0.551. The molecule has 12 aromatic carbocycles.